The molecule has 0 radical (unpaired) electrons. The maximum atomic E-state index is 11.5. The summed E-state index contributed by atoms with van der Waals surface area (Å²) in [5.74, 6) is -0.975. The number of hydrogen-bond acceptors (Lipinski definition) is 5. The number of nitrogens with zero attached hydrogens (tertiary/aromatic N) is 1. The Morgan fingerprint density at radius 3 is 2.62 bits per heavy atom. The summed E-state index contributed by atoms with van der Waals surface area (Å²) in [5.41, 5.74) is 0.0524. The Hall–Kier alpha value is -1.75. The van der Waals surface area contributed by atoms with E-state index in [0.29, 0.717) is 6.54 Å². The van der Waals surface area contributed by atoms with Gasteiger partial charge in [-0.1, -0.05) is 0 Å². The normalized spacial score (nSPS) is 10.4. The number of esters is 1. The van der Waals surface area contributed by atoms with Crippen LogP contribution in [0.4, 0.5) is 0 Å². The minimum Gasteiger partial charge on any atom is -0.508 e. The smallest absolute Gasteiger partial charge is 0.341 e. The van der Waals surface area contributed by atoms with E-state index in [9.17, 15) is 9.90 Å². The van der Waals surface area contributed by atoms with Crippen molar-refractivity contribution >= 4 is 5.97 Å². The number of phenols is 2. The molecule has 1 rings (SSSR count). The minimum absolute atomic E-state index is 0.0524. The van der Waals surface area contributed by atoms with E-state index in [4.69, 9.17) is 9.84 Å². The van der Waals surface area contributed by atoms with Crippen molar-refractivity contribution < 1.29 is 19.7 Å². The number of phenolic OH excluding ortho intramolecular Hbond substituents is 2. The highest BCUT2D eigenvalue weighted by molar-refractivity contribution is 5.92. The lowest BCUT2D eigenvalue weighted by Crippen LogP contribution is -2.20. The Balaban J connectivity index is 2.59. The van der Waals surface area contributed by atoms with Crippen molar-refractivity contribution in [2.75, 3.05) is 27.2 Å². The quantitative estimate of drug-likeness (QED) is 0.742. The van der Waals surface area contributed by atoms with E-state index in [0.717, 1.165) is 6.07 Å². The van der Waals surface area contributed by atoms with Gasteiger partial charge in [-0.2, -0.15) is 0 Å². The van der Waals surface area contributed by atoms with Gasteiger partial charge in [-0.25, -0.2) is 4.79 Å². The van der Waals surface area contributed by atoms with Gasteiger partial charge in [-0.05, 0) is 26.2 Å². The highest BCUT2D eigenvalue weighted by Gasteiger charge is 2.12. The van der Waals surface area contributed by atoms with E-state index in [1.807, 2.05) is 19.0 Å². The molecule has 0 atom stereocenters. The summed E-state index contributed by atoms with van der Waals surface area (Å²) in [6.45, 7) is 0.872. The molecule has 0 unspecified atom stereocenters. The van der Waals surface area contributed by atoms with Gasteiger partial charge < -0.3 is 19.8 Å². The third kappa shape index (κ3) is 3.43. The van der Waals surface area contributed by atoms with Gasteiger partial charge >= 0.3 is 5.97 Å². The molecule has 1 aromatic carbocycles. The summed E-state index contributed by atoms with van der Waals surface area (Å²) < 4.78 is 4.94. The Kier molecular flexibility index (Phi) is 4.13. The fourth-order valence-electron chi connectivity index (χ4n) is 1.09. The monoisotopic (exact) mass is 225 g/mol. The molecule has 0 bridgehead atoms. The Morgan fingerprint density at radius 2 is 2.06 bits per heavy atom. The third-order valence-corrected chi connectivity index (χ3v) is 1.97. The van der Waals surface area contributed by atoms with Gasteiger partial charge in [-0.15, -0.1) is 0 Å². The summed E-state index contributed by atoms with van der Waals surface area (Å²) in [5, 5.41) is 18.4. The summed E-state index contributed by atoms with van der Waals surface area (Å²) in [6.07, 6.45) is 0. The van der Waals surface area contributed by atoms with E-state index in [2.05, 4.69) is 0 Å². The lowest BCUT2D eigenvalue weighted by atomic mass is 10.2. The molecule has 88 valence electrons. The summed E-state index contributed by atoms with van der Waals surface area (Å²) in [4.78, 5) is 13.4. The second-order valence-corrected chi connectivity index (χ2v) is 3.64. The van der Waals surface area contributed by atoms with Crippen molar-refractivity contribution in [1.82, 2.24) is 4.90 Å². The van der Waals surface area contributed by atoms with Crippen LogP contribution in [0.5, 0.6) is 11.5 Å². The van der Waals surface area contributed by atoms with Crippen LogP contribution in [0.25, 0.3) is 0 Å². The van der Waals surface area contributed by atoms with Gasteiger partial charge in [-0.3, -0.25) is 0 Å². The first-order valence-electron chi connectivity index (χ1n) is 4.84. The van der Waals surface area contributed by atoms with Crippen LogP contribution < -0.4 is 0 Å². The lowest BCUT2D eigenvalue weighted by Gasteiger charge is -2.10. The molecule has 0 aliphatic carbocycles. The average molecular weight is 225 g/mol. The second kappa shape index (κ2) is 5.37. The van der Waals surface area contributed by atoms with Crippen LogP contribution in [-0.2, 0) is 4.74 Å². The van der Waals surface area contributed by atoms with Gasteiger partial charge in [0.15, 0.2) is 0 Å². The summed E-state index contributed by atoms with van der Waals surface area (Å²) in [6, 6.07) is 3.74. The zero-order chi connectivity index (χ0) is 12.1. The van der Waals surface area contributed by atoms with Crippen molar-refractivity contribution in [1.29, 1.82) is 0 Å². The van der Waals surface area contributed by atoms with E-state index in [-0.39, 0.29) is 23.7 Å². The number of aromatic hydroxyl groups is 2. The molecule has 0 aromatic heterocycles. The largest absolute Gasteiger partial charge is 0.508 e. The molecule has 0 saturated carbocycles. The fraction of sp³-hybridized carbons (Fsp3) is 0.364. The number of likely N-dealkylation sites (N-methyl/N-ethyl adjacent to an activating group) is 1. The summed E-state index contributed by atoms with van der Waals surface area (Å²) in [7, 11) is 3.73. The lowest BCUT2D eigenvalue weighted by molar-refractivity contribution is 0.0478. The van der Waals surface area contributed by atoms with E-state index in [1.165, 1.54) is 12.1 Å². The molecule has 16 heavy (non-hydrogen) atoms. The highest BCUT2D eigenvalue weighted by Crippen LogP contribution is 2.22. The molecule has 0 heterocycles. The van der Waals surface area contributed by atoms with Crippen LogP contribution in [0, 0.1) is 0 Å². The van der Waals surface area contributed by atoms with Gasteiger partial charge in [0.2, 0.25) is 0 Å². The molecular formula is C11H15NO4. The number of carbonyl (C=O) groups is 1. The first kappa shape index (κ1) is 12.3. The number of carbonyl (C=O) groups excluding carboxylic acids is 1. The minimum atomic E-state index is -0.598. The van der Waals surface area contributed by atoms with Crippen LogP contribution in [0.3, 0.4) is 0 Å². The molecule has 0 amide bonds. The average Bonchev–Trinajstić information content (AvgIpc) is 2.16. The van der Waals surface area contributed by atoms with Crippen LogP contribution in [0.15, 0.2) is 18.2 Å². The van der Waals surface area contributed by atoms with Crippen molar-refractivity contribution in [3.8, 4) is 11.5 Å². The Bertz CT molecular complexity index is 376. The molecule has 1 aromatic rings. The number of benzene rings is 1. The molecular weight excluding hydrogens is 210 g/mol. The van der Waals surface area contributed by atoms with E-state index >= 15 is 0 Å². The third-order valence-electron chi connectivity index (χ3n) is 1.97. The highest BCUT2D eigenvalue weighted by atomic mass is 16.5. The van der Waals surface area contributed by atoms with Crippen LogP contribution in [0.1, 0.15) is 10.4 Å². The van der Waals surface area contributed by atoms with Crippen molar-refractivity contribution in [2.45, 2.75) is 0 Å². The molecule has 0 fully saturated rings. The first-order chi connectivity index (χ1) is 7.50. The van der Waals surface area contributed by atoms with Crippen LogP contribution in [-0.4, -0.2) is 48.3 Å². The predicted molar refractivity (Wildman–Crippen MR) is 58.6 cm³/mol. The van der Waals surface area contributed by atoms with Crippen LogP contribution in [0.2, 0.25) is 0 Å². The molecule has 5 heteroatoms. The van der Waals surface area contributed by atoms with Crippen molar-refractivity contribution in [3.63, 3.8) is 0 Å². The zero-order valence-corrected chi connectivity index (χ0v) is 9.30. The number of rotatable bonds is 4. The maximum Gasteiger partial charge on any atom is 0.341 e. The van der Waals surface area contributed by atoms with Crippen molar-refractivity contribution in [3.05, 3.63) is 23.8 Å². The number of hydrogen-bond donors (Lipinski definition) is 2. The van der Waals surface area contributed by atoms with Crippen molar-refractivity contribution in [2.24, 2.45) is 0 Å². The molecule has 0 saturated heterocycles. The topological polar surface area (TPSA) is 70.0 Å². The molecule has 5 nitrogen and oxygen atoms in total. The predicted octanol–water partition coefficient (Wildman–Crippen LogP) is 0.816. The van der Waals surface area contributed by atoms with Gasteiger partial charge in [0.25, 0.3) is 0 Å². The van der Waals surface area contributed by atoms with Gasteiger partial charge in [0.05, 0.1) is 0 Å². The van der Waals surface area contributed by atoms with Gasteiger partial charge in [0.1, 0.15) is 23.7 Å². The van der Waals surface area contributed by atoms with E-state index < -0.39 is 5.97 Å². The molecule has 0 spiro atoms. The zero-order valence-electron chi connectivity index (χ0n) is 9.30. The van der Waals surface area contributed by atoms with E-state index in [1.54, 1.807) is 0 Å². The fourth-order valence-corrected chi connectivity index (χ4v) is 1.09. The molecule has 2 N–H and O–H groups in total. The molecule has 0 aliphatic rings. The standard InChI is InChI=1S/C11H15NO4/c1-12(2)5-6-16-11(15)9-4-3-8(13)7-10(9)14/h3-4,7,13-14H,5-6H2,1-2H3. The Morgan fingerprint density at radius 1 is 1.38 bits per heavy atom. The molecule has 0 aliphatic heterocycles. The second-order valence-electron chi connectivity index (χ2n) is 3.64. The number of ether oxygens (including phenoxy) is 1. The Labute approximate surface area is 93.9 Å². The first-order valence-corrected chi connectivity index (χ1v) is 4.84. The summed E-state index contributed by atoms with van der Waals surface area (Å²) >= 11 is 0. The maximum absolute atomic E-state index is 11.5. The van der Waals surface area contributed by atoms with Gasteiger partial charge in [0, 0.05) is 12.6 Å². The SMILES string of the molecule is CN(C)CCOC(=O)c1ccc(O)cc1O. The van der Waals surface area contributed by atoms with Crippen LogP contribution >= 0.6 is 0 Å².